The highest BCUT2D eigenvalue weighted by atomic mass is 14.6. The lowest BCUT2D eigenvalue weighted by Gasteiger charge is -2.09. The van der Waals surface area contributed by atoms with Gasteiger partial charge in [0, 0.05) is 6.04 Å². The molecule has 0 saturated heterocycles. The lowest BCUT2D eigenvalue weighted by molar-refractivity contribution is 0.712. The van der Waals surface area contributed by atoms with Crippen LogP contribution < -0.4 is 5.73 Å². The van der Waals surface area contributed by atoms with Gasteiger partial charge in [-0.1, -0.05) is 37.3 Å². The first kappa shape index (κ1) is 8.28. The molecule has 0 aliphatic carbocycles. The van der Waals surface area contributed by atoms with Crippen LogP contribution in [0, 0.1) is 6.42 Å². The Morgan fingerprint density at radius 2 is 2.00 bits per heavy atom. The van der Waals surface area contributed by atoms with Crippen molar-refractivity contribution >= 4 is 0 Å². The van der Waals surface area contributed by atoms with E-state index in [0.29, 0.717) is 0 Å². The number of nitrogens with two attached hydrogens (primary N) is 1. The maximum absolute atomic E-state index is 5.87. The van der Waals surface area contributed by atoms with Crippen LogP contribution in [0.1, 0.15) is 24.9 Å². The predicted octanol–water partition coefficient (Wildman–Crippen LogP) is 2.30. The molecule has 59 valence electrons. The summed E-state index contributed by atoms with van der Waals surface area (Å²) in [6, 6.07) is 10.3. The van der Waals surface area contributed by atoms with E-state index in [0.717, 1.165) is 6.42 Å². The first-order valence-corrected chi connectivity index (χ1v) is 3.93. The van der Waals surface area contributed by atoms with Gasteiger partial charge in [0.2, 0.25) is 0 Å². The van der Waals surface area contributed by atoms with Gasteiger partial charge in [-0.25, -0.2) is 0 Å². The van der Waals surface area contributed by atoms with Gasteiger partial charge in [-0.15, -0.1) is 0 Å². The summed E-state index contributed by atoms with van der Waals surface area (Å²) >= 11 is 0. The van der Waals surface area contributed by atoms with Crippen LogP contribution in [-0.4, -0.2) is 0 Å². The summed E-state index contributed by atoms with van der Waals surface area (Å²) in [5.41, 5.74) is 7.09. The minimum Gasteiger partial charge on any atom is -0.324 e. The van der Waals surface area contributed by atoms with Gasteiger partial charge in [0.05, 0.1) is 0 Å². The van der Waals surface area contributed by atoms with E-state index in [2.05, 4.69) is 18.6 Å². The van der Waals surface area contributed by atoms with Gasteiger partial charge in [-0.05, 0) is 18.4 Å². The lowest BCUT2D eigenvalue weighted by atomic mass is 10.0. The molecule has 1 atom stereocenters. The molecule has 0 amide bonds. The minimum atomic E-state index is 0.168. The smallest absolute Gasteiger partial charge is 0.0297 e. The van der Waals surface area contributed by atoms with Gasteiger partial charge < -0.3 is 5.73 Å². The fourth-order valence-electron chi connectivity index (χ4n) is 1.09. The molecule has 0 bridgehead atoms. The van der Waals surface area contributed by atoms with E-state index in [4.69, 9.17) is 5.73 Å². The molecule has 1 unspecified atom stereocenters. The van der Waals surface area contributed by atoms with Gasteiger partial charge in [0.1, 0.15) is 0 Å². The molecule has 0 aliphatic rings. The van der Waals surface area contributed by atoms with Gasteiger partial charge in [-0.3, -0.25) is 0 Å². The van der Waals surface area contributed by atoms with Crippen molar-refractivity contribution < 1.29 is 0 Å². The lowest BCUT2D eigenvalue weighted by Crippen LogP contribution is -2.09. The van der Waals surface area contributed by atoms with E-state index >= 15 is 0 Å². The second kappa shape index (κ2) is 4.14. The van der Waals surface area contributed by atoms with Gasteiger partial charge in [0.25, 0.3) is 0 Å². The molecule has 1 nitrogen and oxygen atoms in total. The fourth-order valence-corrected chi connectivity index (χ4v) is 1.09. The third-order valence-corrected chi connectivity index (χ3v) is 1.72. The SMILES string of the molecule is C[CH]CC(N)c1ccccc1. The minimum absolute atomic E-state index is 0.168. The quantitative estimate of drug-likeness (QED) is 0.699. The first-order chi connectivity index (χ1) is 5.34. The summed E-state index contributed by atoms with van der Waals surface area (Å²) in [7, 11) is 0. The maximum Gasteiger partial charge on any atom is 0.0297 e. The fraction of sp³-hybridized carbons (Fsp3) is 0.300. The van der Waals surface area contributed by atoms with Crippen LogP contribution in [-0.2, 0) is 0 Å². The Balaban J connectivity index is 2.61. The summed E-state index contributed by atoms with van der Waals surface area (Å²) in [4.78, 5) is 0. The van der Waals surface area contributed by atoms with Gasteiger partial charge in [0.15, 0.2) is 0 Å². The number of rotatable bonds is 3. The number of benzene rings is 1. The first-order valence-electron chi connectivity index (χ1n) is 3.93. The Kier molecular flexibility index (Phi) is 3.12. The van der Waals surface area contributed by atoms with Crippen molar-refractivity contribution in [1.82, 2.24) is 0 Å². The molecule has 0 fully saturated rings. The Morgan fingerprint density at radius 1 is 1.36 bits per heavy atom. The van der Waals surface area contributed by atoms with E-state index in [9.17, 15) is 0 Å². The van der Waals surface area contributed by atoms with Crippen molar-refractivity contribution in [3.8, 4) is 0 Å². The second-order valence-electron chi connectivity index (χ2n) is 2.66. The molecule has 0 aromatic heterocycles. The van der Waals surface area contributed by atoms with E-state index in [-0.39, 0.29) is 6.04 Å². The van der Waals surface area contributed by atoms with E-state index < -0.39 is 0 Å². The largest absolute Gasteiger partial charge is 0.324 e. The van der Waals surface area contributed by atoms with Crippen LogP contribution in [0.2, 0.25) is 0 Å². The van der Waals surface area contributed by atoms with Crippen LogP contribution in [0.5, 0.6) is 0 Å². The molecule has 0 spiro atoms. The summed E-state index contributed by atoms with van der Waals surface area (Å²) in [5.74, 6) is 0. The van der Waals surface area contributed by atoms with Crippen LogP contribution in [0.3, 0.4) is 0 Å². The van der Waals surface area contributed by atoms with Crippen LogP contribution >= 0.6 is 0 Å². The summed E-state index contributed by atoms with van der Waals surface area (Å²) < 4.78 is 0. The summed E-state index contributed by atoms with van der Waals surface area (Å²) in [5, 5.41) is 0. The number of hydrogen-bond acceptors (Lipinski definition) is 1. The van der Waals surface area contributed by atoms with Crippen LogP contribution in [0.4, 0.5) is 0 Å². The van der Waals surface area contributed by atoms with Crippen molar-refractivity contribution in [2.45, 2.75) is 19.4 Å². The zero-order valence-electron chi connectivity index (χ0n) is 6.83. The molecule has 1 radical (unpaired) electrons. The second-order valence-corrected chi connectivity index (χ2v) is 2.66. The molecule has 2 N–H and O–H groups in total. The Hall–Kier alpha value is -0.820. The van der Waals surface area contributed by atoms with E-state index in [1.807, 2.05) is 25.1 Å². The average Bonchev–Trinajstić information content (AvgIpc) is 2.07. The van der Waals surface area contributed by atoms with Crippen LogP contribution in [0.15, 0.2) is 30.3 Å². The van der Waals surface area contributed by atoms with Gasteiger partial charge >= 0.3 is 0 Å². The Bertz CT molecular complexity index is 193. The summed E-state index contributed by atoms with van der Waals surface area (Å²) in [6.45, 7) is 2.03. The van der Waals surface area contributed by atoms with Crippen molar-refractivity contribution in [1.29, 1.82) is 0 Å². The third kappa shape index (κ3) is 2.35. The topological polar surface area (TPSA) is 26.0 Å². The molecule has 1 heteroatoms. The van der Waals surface area contributed by atoms with Crippen molar-refractivity contribution in [3.05, 3.63) is 42.3 Å². The monoisotopic (exact) mass is 148 g/mol. The molecule has 1 aromatic carbocycles. The Morgan fingerprint density at radius 3 is 2.55 bits per heavy atom. The molecular formula is C10H14N. The molecular weight excluding hydrogens is 134 g/mol. The summed E-state index contributed by atoms with van der Waals surface area (Å²) in [6.07, 6.45) is 3.04. The molecule has 0 saturated carbocycles. The van der Waals surface area contributed by atoms with Crippen molar-refractivity contribution in [2.24, 2.45) is 5.73 Å². The maximum atomic E-state index is 5.87. The van der Waals surface area contributed by atoms with Gasteiger partial charge in [-0.2, -0.15) is 0 Å². The number of hydrogen-bond donors (Lipinski definition) is 1. The highest BCUT2D eigenvalue weighted by Crippen LogP contribution is 2.13. The molecule has 0 heterocycles. The third-order valence-electron chi connectivity index (χ3n) is 1.72. The normalized spacial score (nSPS) is 12.9. The van der Waals surface area contributed by atoms with Crippen molar-refractivity contribution in [2.75, 3.05) is 0 Å². The molecule has 11 heavy (non-hydrogen) atoms. The standard InChI is InChI=1S/C10H14N/c1-2-6-10(11)9-7-4-3-5-8-9/h2-5,7-8,10H,6,11H2,1H3. The molecule has 1 rings (SSSR count). The molecule has 1 aromatic rings. The Labute approximate surface area is 68.2 Å². The molecule has 0 aliphatic heterocycles. The van der Waals surface area contributed by atoms with Crippen molar-refractivity contribution in [3.63, 3.8) is 0 Å². The van der Waals surface area contributed by atoms with E-state index in [1.54, 1.807) is 0 Å². The zero-order chi connectivity index (χ0) is 8.10. The van der Waals surface area contributed by atoms with E-state index in [1.165, 1.54) is 5.56 Å². The average molecular weight is 148 g/mol. The highest BCUT2D eigenvalue weighted by Gasteiger charge is 2.01. The highest BCUT2D eigenvalue weighted by molar-refractivity contribution is 5.18. The predicted molar refractivity (Wildman–Crippen MR) is 48.0 cm³/mol. The zero-order valence-corrected chi connectivity index (χ0v) is 6.83. The van der Waals surface area contributed by atoms with Crippen LogP contribution in [0.25, 0.3) is 0 Å².